The number of ether oxygens (including phenoxy) is 3. The number of rotatable bonds is 4. The molecule has 2 heterocycles. The predicted octanol–water partition coefficient (Wildman–Crippen LogP) is 0.471. The summed E-state index contributed by atoms with van der Waals surface area (Å²) in [5, 5.41) is 0. The predicted molar refractivity (Wildman–Crippen MR) is 91.6 cm³/mol. The molecule has 1 aromatic carbocycles. The van der Waals surface area contributed by atoms with E-state index in [9.17, 15) is 13.2 Å². The first-order chi connectivity index (χ1) is 11.9. The van der Waals surface area contributed by atoms with Crippen LogP contribution < -0.4 is 13.8 Å². The molecule has 0 aliphatic carbocycles. The van der Waals surface area contributed by atoms with Gasteiger partial charge in [-0.1, -0.05) is 0 Å². The summed E-state index contributed by atoms with van der Waals surface area (Å²) >= 11 is 0. The molecule has 1 fully saturated rings. The Morgan fingerprint density at radius 3 is 2.40 bits per heavy atom. The van der Waals surface area contributed by atoms with Gasteiger partial charge in [0.25, 0.3) is 0 Å². The van der Waals surface area contributed by atoms with E-state index < -0.39 is 16.1 Å². The standard InChI is InChI=1S/C16H22N2O6S/c1-12(16(19)17-5-7-22-8-6-17)18(25(2,20)21)13-3-4-14-15(11-13)24-10-9-23-14/h3-4,11-12H,5-10H2,1-2H3/t12-/m1/s1. The van der Waals surface area contributed by atoms with E-state index in [1.165, 1.54) is 0 Å². The van der Waals surface area contributed by atoms with Gasteiger partial charge in [0.1, 0.15) is 19.3 Å². The quantitative estimate of drug-likeness (QED) is 0.766. The van der Waals surface area contributed by atoms with E-state index in [0.29, 0.717) is 56.7 Å². The van der Waals surface area contributed by atoms with Crippen LogP contribution in [-0.2, 0) is 19.6 Å². The second kappa shape index (κ2) is 7.09. The molecule has 0 saturated carbocycles. The van der Waals surface area contributed by atoms with E-state index in [0.717, 1.165) is 10.6 Å². The minimum absolute atomic E-state index is 0.247. The van der Waals surface area contributed by atoms with Crippen molar-refractivity contribution >= 4 is 21.6 Å². The summed E-state index contributed by atoms with van der Waals surface area (Å²) in [5.74, 6) is 0.794. The summed E-state index contributed by atoms with van der Waals surface area (Å²) < 4.78 is 42.1. The fourth-order valence-corrected chi connectivity index (χ4v) is 4.18. The number of amides is 1. The highest BCUT2D eigenvalue weighted by molar-refractivity contribution is 7.92. The Hall–Kier alpha value is -2.00. The van der Waals surface area contributed by atoms with Gasteiger partial charge in [-0.2, -0.15) is 0 Å². The first-order valence-corrected chi connectivity index (χ1v) is 9.98. The van der Waals surface area contributed by atoms with Crippen LogP contribution in [0.5, 0.6) is 11.5 Å². The van der Waals surface area contributed by atoms with E-state index in [2.05, 4.69) is 0 Å². The van der Waals surface area contributed by atoms with E-state index in [1.807, 2.05) is 0 Å². The summed E-state index contributed by atoms with van der Waals surface area (Å²) in [6, 6.07) is 4.01. The number of hydrogen-bond acceptors (Lipinski definition) is 6. The largest absolute Gasteiger partial charge is 0.486 e. The van der Waals surface area contributed by atoms with Gasteiger partial charge in [-0.3, -0.25) is 9.10 Å². The number of benzene rings is 1. The van der Waals surface area contributed by atoms with Gasteiger partial charge in [-0.25, -0.2) is 8.42 Å². The molecule has 1 aromatic rings. The molecular weight excluding hydrogens is 348 g/mol. The zero-order valence-electron chi connectivity index (χ0n) is 14.3. The third kappa shape index (κ3) is 3.82. The fourth-order valence-electron chi connectivity index (χ4n) is 3.02. The lowest BCUT2D eigenvalue weighted by Crippen LogP contribution is -2.52. The van der Waals surface area contributed by atoms with Crippen molar-refractivity contribution in [2.45, 2.75) is 13.0 Å². The van der Waals surface area contributed by atoms with E-state index in [1.54, 1.807) is 30.0 Å². The van der Waals surface area contributed by atoms with Crippen molar-refractivity contribution in [2.24, 2.45) is 0 Å². The minimum atomic E-state index is -3.67. The highest BCUT2D eigenvalue weighted by Crippen LogP contribution is 2.35. The molecule has 2 aliphatic rings. The normalized spacial score (nSPS) is 18.6. The van der Waals surface area contributed by atoms with Crippen molar-refractivity contribution in [3.05, 3.63) is 18.2 Å². The monoisotopic (exact) mass is 370 g/mol. The Morgan fingerprint density at radius 2 is 1.76 bits per heavy atom. The maximum Gasteiger partial charge on any atom is 0.246 e. The third-order valence-electron chi connectivity index (χ3n) is 4.17. The average molecular weight is 370 g/mol. The van der Waals surface area contributed by atoms with Gasteiger partial charge < -0.3 is 19.1 Å². The summed E-state index contributed by atoms with van der Waals surface area (Å²) in [4.78, 5) is 14.4. The zero-order chi connectivity index (χ0) is 18.0. The Kier molecular flexibility index (Phi) is 5.05. The molecular formula is C16H22N2O6S. The topological polar surface area (TPSA) is 85.4 Å². The fraction of sp³-hybridized carbons (Fsp3) is 0.562. The van der Waals surface area contributed by atoms with Crippen LogP contribution >= 0.6 is 0 Å². The molecule has 3 rings (SSSR count). The summed E-state index contributed by atoms with van der Waals surface area (Å²) in [6.45, 7) is 4.29. The number of fused-ring (bicyclic) bond motifs is 1. The number of hydrogen-bond donors (Lipinski definition) is 0. The van der Waals surface area contributed by atoms with Crippen LogP contribution in [0.2, 0.25) is 0 Å². The van der Waals surface area contributed by atoms with Crippen LogP contribution in [-0.4, -0.2) is 71.0 Å². The van der Waals surface area contributed by atoms with Gasteiger partial charge in [0.15, 0.2) is 11.5 Å². The van der Waals surface area contributed by atoms with Gasteiger partial charge in [-0.05, 0) is 19.1 Å². The van der Waals surface area contributed by atoms with Crippen LogP contribution in [0.15, 0.2) is 18.2 Å². The molecule has 0 radical (unpaired) electrons. The minimum Gasteiger partial charge on any atom is -0.486 e. The number of carbonyl (C=O) groups excluding carboxylic acids is 1. The lowest BCUT2D eigenvalue weighted by Gasteiger charge is -2.34. The number of anilines is 1. The van der Waals surface area contributed by atoms with Gasteiger partial charge >= 0.3 is 0 Å². The Morgan fingerprint density at radius 1 is 1.12 bits per heavy atom. The molecule has 0 N–H and O–H groups in total. The van der Waals surface area contributed by atoms with Crippen molar-refractivity contribution in [3.63, 3.8) is 0 Å². The van der Waals surface area contributed by atoms with Crippen molar-refractivity contribution in [3.8, 4) is 11.5 Å². The molecule has 2 aliphatic heterocycles. The molecule has 0 unspecified atom stereocenters. The molecule has 0 spiro atoms. The zero-order valence-corrected chi connectivity index (χ0v) is 15.1. The number of morpholine rings is 1. The second-order valence-corrected chi connectivity index (χ2v) is 7.86. The van der Waals surface area contributed by atoms with Crippen molar-refractivity contribution in [1.82, 2.24) is 4.90 Å². The van der Waals surface area contributed by atoms with Crippen molar-refractivity contribution < 1.29 is 27.4 Å². The molecule has 25 heavy (non-hydrogen) atoms. The molecule has 0 aromatic heterocycles. The van der Waals surface area contributed by atoms with Crippen LogP contribution in [0, 0.1) is 0 Å². The molecule has 0 bridgehead atoms. The van der Waals surface area contributed by atoms with E-state index in [4.69, 9.17) is 14.2 Å². The van der Waals surface area contributed by atoms with E-state index in [-0.39, 0.29) is 5.91 Å². The molecule has 8 nitrogen and oxygen atoms in total. The number of nitrogens with zero attached hydrogens (tertiary/aromatic N) is 2. The maximum atomic E-state index is 12.8. The summed E-state index contributed by atoms with van der Waals surface area (Å²) in [7, 11) is -3.67. The first-order valence-electron chi connectivity index (χ1n) is 8.13. The van der Waals surface area contributed by atoms with Crippen molar-refractivity contribution in [1.29, 1.82) is 0 Å². The van der Waals surface area contributed by atoms with Gasteiger partial charge in [0.2, 0.25) is 15.9 Å². The van der Waals surface area contributed by atoms with Crippen LogP contribution in [0.3, 0.4) is 0 Å². The summed E-state index contributed by atoms with van der Waals surface area (Å²) in [6.07, 6.45) is 1.09. The molecule has 138 valence electrons. The molecule has 1 saturated heterocycles. The van der Waals surface area contributed by atoms with Crippen LogP contribution in [0.25, 0.3) is 0 Å². The highest BCUT2D eigenvalue weighted by atomic mass is 32.2. The second-order valence-electron chi connectivity index (χ2n) is 6.00. The highest BCUT2D eigenvalue weighted by Gasteiger charge is 2.33. The maximum absolute atomic E-state index is 12.8. The molecule has 1 amide bonds. The lowest BCUT2D eigenvalue weighted by molar-refractivity contribution is -0.136. The lowest BCUT2D eigenvalue weighted by atomic mass is 10.2. The van der Waals surface area contributed by atoms with Gasteiger partial charge in [-0.15, -0.1) is 0 Å². The molecule has 1 atom stereocenters. The SMILES string of the molecule is C[C@H](C(=O)N1CCOCC1)N(c1ccc2c(c1)OCCO2)S(C)(=O)=O. The average Bonchev–Trinajstić information content (AvgIpc) is 2.60. The Balaban J connectivity index is 1.91. The Bertz CT molecular complexity index is 745. The van der Waals surface area contributed by atoms with Gasteiger partial charge in [0.05, 0.1) is 25.2 Å². The number of sulfonamides is 1. The number of carbonyl (C=O) groups is 1. The molecule has 9 heteroatoms. The Labute approximate surface area is 147 Å². The summed E-state index contributed by atoms with van der Waals surface area (Å²) in [5.41, 5.74) is 0.376. The van der Waals surface area contributed by atoms with Crippen LogP contribution in [0.1, 0.15) is 6.92 Å². The first kappa shape index (κ1) is 17.8. The van der Waals surface area contributed by atoms with Crippen molar-refractivity contribution in [2.75, 3.05) is 50.1 Å². The van der Waals surface area contributed by atoms with E-state index >= 15 is 0 Å². The van der Waals surface area contributed by atoms with Crippen LogP contribution in [0.4, 0.5) is 5.69 Å². The third-order valence-corrected chi connectivity index (χ3v) is 5.41. The van der Waals surface area contributed by atoms with Gasteiger partial charge in [0, 0.05) is 19.2 Å². The smallest absolute Gasteiger partial charge is 0.246 e.